The average Bonchev–Trinajstić information content (AvgIpc) is 3.82. The zero-order valence-corrected chi connectivity index (χ0v) is 35.6. The first-order valence-corrected chi connectivity index (χ1v) is 23.0. The van der Waals surface area contributed by atoms with Gasteiger partial charge in [-0.15, -0.1) is 5.06 Å². The Balaban J connectivity index is 0.997. The van der Waals surface area contributed by atoms with Gasteiger partial charge in [0.15, 0.2) is 29.1 Å². The molecule has 3 saturated carbocycles. The van der Waals surface area contributed by atoms with Crippen LogP contribution in [0.25, 0.3) is 0 Å². The number of nitrogens with one attached hydrogen (secondary N) is 1. The minimum Gasteiger partial charge on any atom is -0.390 e. The number of phosphoric acid groups is 2. The molecule has 12 atom stereocenters. The molecule has 0 spiro atoms. The van der Waals surface area contributed by atoms with E-state index < -0.39 is 148 Å². The van der Waals surface area contributed by atoms with E-state index in [0.29, 0.717) is 5.06 Å². The number of ketones is 2. The van der Waals surface area contributed by atoms with Crippen LogP contribution in [0.1, 0.15) is 77.1 Å². The third-order valence-corrected chi connectivity index (χ3v) is 15.8. The summed E-state index contributed by atoms with van der Waals surface area (Å²) in [5, 5.41) is 14.5. The van der Waals surface area contributed by atoms with Gasteiger partial charge in [0.1, 0.15) is 18.6 Å². The second-order valence-electron chi connectivity index (χ2n) is 16.7. The number of imide groups is 1. The number of hydrogen-bond donors (Lipinski definition) is 4. The number of halogens is 3. The predicted octanol–water partition coefficient (Wildman–Crippen LogP) is 3.62. The van der Waals surface area contributed by atoms with E-state index in [4.69, 9.17) is 18.8 Å². The second kappa shape index (κ2) is 17.1. The molecule has 7 rings (SSSR count). The first-order valence-electron chi connectivity index (χ1n) is 20.0. The third-order valence-electron chi connectivity index (χ3n) is 13.2. The lowest BCUT2D eigenvalue weighted by molar-refractivity contribution is -0.235. The molecule has 6 aliphatic rings. The van der Waals surface area contributed by atoms with Gasteiger partial charge in [-0.2, -0.15) is 4.31 Å². The summed E-state index contributed by atoms with van der Waals surface area (Å²) in [6, 6.07) is 5.29. The van der Waals surface area contributed by atoms with Gasteiger partial charge in [0, 0.05) is 54.5 Å². The summed E-state index contributed by atoms with van der Waals surface area (Å²) >= 11 is 0. The number of alkyl halides is 2. The molecular formula is C39H45F3N2O17P2. The van der Waals surface area contributed by atoms with Crippen molar-refractivity contribution in [3.63, 3.8) is 0 Å². The molecule has 1 aromatic rings. The van der Waals surface area contributed by atoms with Gasteiger partial charge in [0.05, 0.1) is 18.8 Å². The number of phosphoric ester groups is 2. The van der Waals surface area contributed by atoms with Crippen LogP contribution in [-0.4, -0.2) is 105 Å². The third kappa shape index (κ3) is 8.32. The molecule has 0 radical (unpaired) electrons. The number of hydroxylamine groups is 2. The van der Waals surface area contributed by atoms with Gasteiger partial charge in [-0.3, -0.25) is 33.0 Å². The van der Waals surface area contributed by atoms with Gasteiger partial charge < -0.3 is 34.5 Å². The number of fused-ring (bicyclic) bond motifs is 7. The van der Waals surface area contributed by atoms with Gasteiger partial charge in [0.2, 0.25) is 5.91 Å². The molecule has 344 valence electrons. The van der Waals surface area contributed by atoms with Crippen molar-refractivity contribution in [3.8, 4) is 0 Å². The summed E-state index contributed by atoms with van der Waals surface area (Å²) < 4.78 is 101. The largest absolute Gasteiger partial charge is 0.481 e. The maximum Gasteiger partial charge on any atom is 0.481 e. The second-order valence-corrected chi connectivity index (χ2v) is 19.8. The Kier molecular flexibility index (Phi) is 12.8. The van der Waals surface area contributed by atoms with Gasteiger partial charge >= 0.3 is 21.6 Å². The SMILES string of the molecule is C[C@]12C=CC(=O)C=C1[C@@H](F)C[C@H]1[C@@H]3C[C@H]4O[C@@H](c5ccccc5F)O[C@@]4(C(=O)COP(=O)(O)OP(=O)(O)OCCNC(=O)CCCC(=O)ON4C(=O)CCC4=O)[C@@]3(C)C[C@H](O)[C@@]12F. The molecule has 0 aromatic heterocycles. The number of hydrogen-bond acceptors (Lipinski definition) is 15. The molecule has 5 fully saturated rings. The van der Waals surface area contributed by atoms with Gasteiger partial charge in [-0.25, -0.2) is 27.1 Å². The maximum atomic E-state index is 17.8. The number of allylic oxidation sites excluding steroid dienone is 4. The molecule has 1 aromatic carbocycles. The molecule has 4 N–H and O–H groups in total. The van der Waals surface area contributed by atoms with Crippen molar-refractivity contribution in [2.24, 2.45) is 22.7 Å². The van der Waals surface area contributed by atoms with Gasteiger partial charge in [0.25, 0.3) is 11.8 Å². The number of rotatable bonds is 16. The van der Waals surface area contributed by atoms with E-state index in [2.05, 4.69) is 14.2 Å². The van der Waals surface area contributed by atoms with Crippen LogP contribution in [0.3, 0.4) is 0 Å². The molecule has 0 bridgehead atoms. The molecule has 63 heavy (non-hydrogen) atoms. The molecule has 3 amide bonds. The Morgan fingerprint density at radius 3 is 2.38 bits per heavy atom. The highest BCUT2D eigenvalue weighted by Crippen LogP contribution is 2.73. The van der Waals surface area contributed by atoms with Crippen LogP contribution in [0, 0.1) is 28.5 Å². The van der Waals surface area contributed by atoms with Crippen molar-refractivity contribution in [1.82, 2.24) is 10.4 Å². The van der Waals surface area contributed by atoms with Crippen LogP contribution in [-0.2, 0) is 65.6 Å². The standard InChI is InChI=1S/C39H45F3N2O17P2/c1-36-13-12-21(45)16-25(36)27(41)17-24-23-18-30-39(37(23,2)19-28(46)38(24,36)42,59-35(58-30)22-6-3-4-7-26(22)40)29(47)20-57-63(54,55)61-62(52,53)56-15-14-43-31(48)8-5-9-34(51)60-44-32(49)10-11-33(44)50/h3-4,6-7,12-13,16,23-24,27-28,30,35,46H,5,8-11,14-15,17-20H2,1-2H3,(H,43,48)(H,52,53)(H,54,55)/t23-,24-,27-,28-,30+,35+,36-,37-,38-,39+/m0/s1. The normalized spacial score (nSPS) is 36.3. The number of Topliss-reactive ketones (excluding diaryl/α,β-unsaturated/α-hetero) is 1. The Morgan fingerprint density at radius 2 is 1.68 bits per heavy atom. The van der Waals surface area contributed by atoms with E-state index in [1.807, 2.05) is 0 Å². The topological polar surface area (TPSA) is 268 Å². The smallest absolute Gasteiger partial charge is 0.390 e. The summed E-state index contributed by atoms with van der Waals surface area (Å²) in [7, 11) is -11.1. The summed E-state index contributed by atoms with van der Waals surface area (Å²) in [4.78, 5) is 99.3. The number of benzene rings is 1. The van der Waals surface area contributed by atoms with Crippen LogP contribution in [0.2, 0.25) is 0 Å². The van der Waals surface area contributed by atoms with Crippen molar-refractivity contribution in [2.45, 2.75) is 101 Å². The fraction of sp³-hybridized carbons (Fsp3) is 0.590. The van der Waals surface area contributed by atoms with Crippen molar-refractivity contribution >= 4 is 50.9 Å². The first kappa shape index (κ1) is 47.0. The molecule has 4 aliphatic carbocycles. The van der Waals surface area contributed by atoms with Crippen LogP contribution >= 0.6 is 15.6 Å². The lowest BCUT2D eigenvalue weighted by Gasteiger charge is -2.63. The van der Waals surface area contributed by atoms with Crippen molar-refractivity contribution in [2.75, 3.05) is 19.8 Å². The highest BCUT2D eigenvalue weighted by atomic mass is 31.3. The number of ether oxygens (including phenoxy) is 2. The quantitative estimate of drug-likeness (QED) is 0.105. The Labute approximate surface area is 357 Å². The highest BCUT2D eigenvalue weighted by molar-refractivity contribution is 7.61. The molecule has 19 nitrogen and oxygen atoms in total. The zero-order chi connectivity index (χ0) is 45.9. The molecule has 2 saturated heterocycles. The maximum absolute atomic E-state index is 17.8. The minimum absolute atomic E-state index is 0.0651. The lowest BCUT2D eigenvalue weighted by Crippen LogP contribution is -2.70. The van der Waals surface area contributed by atoms with E-state index in [1.54, 1.807) is 0 Å². The van der Waals surface area contributed by atoms with Crippen LogP contribution in [0.5, 0.6) is 0 Å². The van der Waals surface area contributed by atoms with Crippen molar-refractivity contribution < 1.29 is 93.6 Å². The number of carbonyl (C=O) groups excluding carboxylic acids is 6. The Bertz CT molecular complexity index is 2250. The number of aliphatic hydroxyl groups excluding tert-OH is 1. The van der Waals surface area contributed by atoms with E-state index in [1.165, 1.54) is 38.1 Å². The molecule has 24 heteroatoms. The molecular weight excluding hydrogens is 887 g/mol. The molecule has 2 heterocycles. The fourth-order valence-corrected chi connectivity index (χ4v) is 12.3. The average molecular weight is 933 g/mol. The van der Waals surface area contributed by atoms with Crippen molar-refractivity contribution in [3.05, 3.63) is 59.4 Å². The number of amides is 3. The lowest BCUT2D eigenvalue weighted by atomic mass is 9.44. The van der Waals surface area contributed by atoms with Crippen LogP contribution in [0.15, 0.2) is 48.1 Å². The minimum atomic E-state index is -5.68. The highest BCUT2D eigenvalue weighted by Gasteiger charge is 2.80. The van der Waals surface area contributed by atoms with Crippen LogP contribution in [0.4, 0.5) is 13.2 Å². The van der Waals surface area contributed by atoms with E-state index in [-0.39, 0.29) is 49.7 Å². The summed E-state index contributed by atoms with van der Waals surface area (Å²) in [6.07, 6.45) is -5.37. The predicted molar refractivity (Wildman–Crippen MR) is 204 cm³/mol. The van der Waals surface area contributed by atoms with Gasteiger partial charge in [-0.1, -0.05) is 31.2 Å². The summed E-state index contributed by atoms with van der Waals surface area (Å²) in [6.45, 7) is 0.292. The zero-order valence-electron chi connectivity index (χ0n) is 33.8. The fourth-order valence-electron chi connectivity index (χ4n) is 10.3. The number of aliphatic hydroxyl groups is 1. The summed E-state index contributed by atoms with van der Waals surface area (Å²) in [5.74, 6) is -7.70. The molecule has 2 aliphatic heterocycles. The number of nitrogens with zero attached hydrogens (tertiary/aromatic N) is 1. The molecule has 2 unspecified atom stereocenters. The first-order chi connectivity index (χ1) is 29.5. The Hall–Kier alpha value is -3.95. The monoisotopic (exact) mass is 932 g/mol. The van der Waals surface area contributed by atoms with Crippen molar-refractivity contribution in [1.29, 1.82) is 0 Å². The summed E-state index contributed by atoms with van der Waals surface area (Å²) in [5.41, 5.74) is -8.55. The van der Waals surface area contributed by atoms with E-state index in [9.17, 15) is 52.8 Å². The van der Waals surface area contributed by atoms with Gasteiger partial charge in [-0.05, 0) is 62.3 Å². The van der Waals surface area contributed by atoms with E-state index >= 15 is 13.2 Å². The van der Waals surface area contributed by atoms with E-state index in [0.717, 1.165) is 18.2 Å². The van der Waals surface area contributed by atoms with Crippen LogP contribution < -0.4 is 5.32 Å². The Morgan fingerprint density at radius 1 is 1.00 bits per heavy atom. The number of carbonyl (C=O) groups is 6.